The van der Waals surface area contributed by atoms with Crippen molar-refractivity contribution < 1.29 is 9.47 Å². The highest BCUT2D eigenvalue weighted by Gasteiger charge is 1.94. The fraction of sp³-hybridized carbons (Fsp3) is 0.364. The molecule has 4 heteroatoms. The Labute approximate surface area is 89.2 Å². The molecule has 0 aliphatic carbocycles. The van der Waals surface area contributed by atoms with Crippen molar-refractivity contribution in [2.45, 2.75) is 0 Å². The molecule has 0 fully saturated rings. The van der Waals surface area contributed by atoms with Gasteiger partial charge in [-0.05, 0) is 24.3 Å². The first kappa shape index (κ1) is 11.5. The number of ether oxygens (including phenoxy) is 2. The van der Waals surface area contributed by atoms with Gasteiger partial charge < -0.3 is 15.2 Å². The van der Waals surface area contributed by atoms with Crippen molar-refractivity contribution in [1.82, 2.24) is 0 Å². The quantitative estimate of drug-likeness (QED) is 0.702. The minimum Gasteiger partial charge on any atom is -0.491 e. The van der Waals surface area contributed by atoms with E-state index in [4.69, 9.17) is 20.5 Å². The molecule has 0 aliphatic rings. The van der Waals surface area contributed by atoms with Crippen molar-refractivity contribution in [3.05, 3.63) is 29.8 Å². The zero-order chi connectivity index (χ0) is 10.9. The Hall–Kier alpha value is -1.57. The number of benzene rings is 1. The van der Waals surface area contributed by atoms with Crippen LogP contribution in [0.4, 0.5) is 0 Å². The first-order valence-corrected chi connectivity index (χ1v) is 4.77. The van der Waals surface area contributed by atoms with Crippen LogP contribution in [0.1, 0.15) is 5.56 Å². The number of hydrogen-bond donors (Lipinski definition) is 1. The van der Waals surface area contributed by atoms with Crippen molar-refractivity contribution in [3.8, 4) is 11.8 Å². The summed E-state index contributed by atoms with van der Waals surface area (Å²) in [5.41, 5.74) is 5.88. The third-order valence-corrected chi connectivity index (χ3v) is 1.74. The van der Waals surface area contributed by atoms with Gasteiger partial charge in [-0.25, -0.2) is 0 Å². The lowest BCUT2D eigenvalue weighted by Gasteiger charge is -2.06. The topological polar surface area (TPSA) is 68.3 Å². The molecule has 15 heavy (non-hydrogen) atoms. The summed E-state index contributed by atoms with van der Waals surface area (Å²) in [4.78, 5) is 0. The smallest absolute Gasteiger partial charge is 0.119 e. The van der Waals surface area contributed by atoms with Crippen molar-refractivity contribution in [3.63, 3.8) is 0 Å². The number of nitrogens with two attached hydrogens (primary N) is 1. The van der Waals surface area contributed by atoms with E-state index in [9.17, 15) is 0 Å². The van der Waals surface area contributed by atoms with Gasteiger partial charge in [0.05, 0.1) is 24.8 Å². The summed E-state index contributed by atoms with van der Waals surface area (Å²) in [7, 11) is 0. The number of nitriles is 1. The summed E-state index contributed by atoms with van der Waals surface area (Å²) in [6, 6.07) is 9.01. The van der Waals surface area contributed by atoms with E-state index in [1.807, 2.05) is 6.07 Å². The molecule has 0 aromatic heterocycles. The summed E-state index contributed by atoms with van der Waals surface area (Å²) in [6.07, 6.45) is 0. The maximum Gasteiger partial charge on any atom is 0.119 e. The predicted octanol–water partition coefficient (Wildman–Crippen LogP) is 0.912. The molecule has 0 amide bonds. The van der Waals surface area contributed by atoms with Gasteiger partial charge in [0.25, 0.3) is 0 Å². The van der Waals surface area contributed by atoms with E-state index >= 15 is 0 Å². The van der Waals surface area contributed by atoms with Crippen LogP contribution in [0.15, 0.2) is 24.3 Å². The van der Waals surface area contributed by atoms with E-state index in [2.05, 4.69) is 0 Å². The molecule has 1 aromatic rings. The van der Waals surface area contributed by atoms with Gasteiger partial charge >= 0.3 is 0 Å². The Morgan fingerprint density at radius 2 is 1.87 bits per heavy atom. The SMILES string of the molecule is N#Cc1ccc(OCCOCCN)cc1. The minimum absolute atomic E-state index is 0.492. The Morgan fingerprint density at radius 3 is 2.47 bits per heavy atom. The molecule has 80 valence electrons. The zero-order valence-electron chi connectivity index (χ0n) is 8.48. The highest BCUT2D eigenvalue weighted by molar-refractivity contribution is 5.34. The third-order valence-electron chi connectivity index (χ3n) is 1.74. The number of rotatable bonds is 6. The molecule has 0 saturated heterocycles. The van der Waals surface area contributed by atoms with Crippen LogP contribution in [0.3, 0.4) is 0 Å². The second-order valence-corrected chi connectivity index (χ2v) is 2.89. The molecule has 0 heterocycles. The van der Waals surface area contributed by atoms with Crippen molar-refractivity contribution in [2.75, 3.05) is 26.4 Å². The number of nitrogens with zero attached hydrogens (tertiary/aromatic N) is 1. The normalized spacial score (nSPS) is 9.60. The van der Waals surface area contributed by atoms with E-state index in [-0.39, 0.29) is 0 Å². The van der Waals surface area contributed by atoms with E-state index in [0.717, 1.165) is 5.75 Å². The molecular formula is C11H14N2O2. The summed E-state index contributed by atoms with van der Waals surface area (Å²) < 4.78 is 10.5. The van der Waals surface area contributed by atoms with Crippen LogP contribution in [0.25, 0.3) is 0 Å². The average molecular weight is 206 g/mol. The molecular weight excluding hydrogens is 192 g/mol. The second kappa shape index (κ2) is 6.82. The minimum atomic E-state index is 0.492. The number of hydrogen-bond acceptors (Lipinski definition) is 4. The maximum atomic E-state index is 8.58. The molecule has 1 aromatic carbocycles. The molecule has 4 nitrogen and oxygen atoms in total. The molecule has 0 saturated carbocycles. The molecule has 0 atom stereocenters. The Balaban J connectivity index is 2.23. The molecule has 2 N–H and O–H groups in total. The van der Waals surface area contributed by atoms with Gasteiger partial charge in [0.15, 0.2) is 0 Å². The van der Waals surface area contributed by atoms with E-state index in [1.165, 1.54) is 0 Å². The Kier molecular flexibility index (Phi) is 5.23. The average Bonchev–Trinajstić information content (AvgIpc) is 2.30. The lowest BCUT2D eigenvalue weighted by atomic mass is 10.2. The van der Waals surface area contributed by atoms with E-state index in [0.29, 0.717) is 31.9 Å². The van der Waals surface area contributed by atoms with Crippen LogP contribution in [0, 0.1) is 11.3 Å². The van der Waals surface area contributed by atoms with Gasteiger partial charge in [-0.15, -0.1) is 0 Å². The highest BCUT2D eigenvalue weighted by atomic mass is 16.5. The molecule has 0 bridgehead atoms. The summed E-state index contributed by atoms with van der Waals surface area (Å²) >= 11 is 0. The van der Waals surface area contributed by atoms with Gasteiger partial charge in [0.1, 0.15) is 12.4 Å². The lowest BCUT2D eigenvalue weighted by Crippen LogP contribution is -2.13. The van der Waals surface area contributed by atoms with Gasteiger partial charge in [-0.1, -0.05) is 0 Å². The molecule has 0 aliphatic heterocycles. The Morgan fingerprint density at radius 1 is 1.13 bits per heavy atom. The molecule has 0 spiro atoms. The van der Waals surface area contributed by atoms with Crippen LogP contribution >= 0.6 is 0 Å². The zero-order valence-corrected chi connectivity index (χ0v) is 8.48. The summed E-state index contributed by atoms with van der Waals surface area (Å²) in [5, 5.41) is 8.58. The largest absolute Gasteiger partial charge is 0.491 e. The van der Waals surface area contributed by atoms with Crippen molar-refractivity contribution in [2.24, 2.45) is 5.73 Å². The van der Waals surface area contributed by atoms with Crippen molar-refractivity contribution in [1.29, 1.82) is 5.26 Å². The third kappa shape index (κ3) is 4.45. The summed E-state index contributed by atoms with van der Waals surface area (Å²) in [5.74, 6) is 0.741. The van der Waals surface area contributed by atoms with E-state index in [1.54, 1.807) is 24.3 Å². The van der Waals surface area contributed by atoms with Crippen LogP contribution in [0.5, 0.6) is 5.75 Å². The van der Waals surface area contributed by atoms with Crippen LogP contribution in [0.2, 0.25) is 0 Å². The predicted molar refractivity (Wildman–Crippen MR) is 56.5 cm³/mol. The van der Waals surface area contributed by atoms with Gasteiger partial charge in [0.2, 0.25) is 0 Å². The summed E-state index contributed by atoms with van der Waals surface area (Å²) in [6.45, 7) is 2.09. The standard InChI is InChI=1S/C11H14N2O2/c12-5-6-14-7-8-15-11-3-1-10(9-13)2-4-11/h1-4H,5-8,12H2. The first-order chi connectivity index (χ1) is 7.36. The Bertz CT molecular complexity index is 316. The highest BCUT2D eigenvalue weighted by Crippen LogP contribution is 2.10. The van der Waals surface area contributed by atoms with E-state index < -0.39 is 0 Å². The monoisotopic (exact) mass is 206 g/mol. The second-order valence-electron chi connectivity index (χ2n) is 2.89. The molecule has 0 unspecified atom stereocenters. The first-order valence-electron chi connectivity index (χ1n) is 4.77. The van der Waals surface area contributed by atoms with Crippen LogP contribution in [-0.2, 0) is 4.74 Å². The van der Waals surface area contributed by atoms with Gasteiger partial charge in [0, 0.05) is 6.54 Å². The lowest BCUT2D eigenvalue weighted by molar-refractivity contribution is 0.106. The molecule has 0 radical (unpaired) electrons. The molecule has 1 rings (SSSR count). The van der Waals surface area contributed by atoms with Crippen LogP contribution < -0.4 is 10.5 Å². The fourth-order valence-electron chi connectivity index (χ4n) is 1.03. The van der Waals surface area contributed by atoms with Crippen molar-refractivity contribution >= 4 is 0 Å². The van der Waals surface area contributed by atoms with Gasteiger partial charge in [-0.3, -0.25) is 0 Å². The van der Waals surface area contributed by atoms with Gasteiger partial charge in [-0.2, -0.15) is 5.26 Å². The van der Waals surface area contributed by atoms with Crippen LogP contribution in [-0.4, -0.2) is 26.4 Å². The maximum absolute atomic E-state index is 8.58. The fourth-order valence-corrected chi connectivity index (χ4v) is 1.03.